The van der Waals surface area contributed by atoms with Crippen LogP contribution < -0.4 is 22.1 Å². The molecule has 0 heterocycles. The summed E-state index contributed by atoms with van der Waals surface area (Å²) in [6.07, 6.45) is 6.28. The fourth-order valence-corrected chi connectivity index (χ4v) is 1.55. The fraction of sp³-hybridized carbons (Fsp3) is 1.00. The Labute approximate surface area is 95.9 Å². The van der Waals surface area contributed by atoms with Gasteiger partial charge in [-0.3, -0.25) is 0 Å². The predicted octanol–water partition coefficient (Wildman–Crippen LogP) is -1.92. The van der Waals surface area contributed by atoms with E-state index in [0.717, 1.165) is 32.1 Å². The summed E-state index contributed by atoms with van der Waals surface area (Å²) in [4.78, 5) is 0. The molecule has 0 saturated heterocycles. The second kappa shape index (κ2) is 6.69. The Morgan fingerprint density at radius 3 is 1.91 bits per heavy atom. The number of hydrogen-bond donors (Lipinski definition) is 0. The molecule has 0 aromatic rings. The Hall–Kier alpha value is 1.21. The van der Waals surface area contributed by atoms with E-state index < -0.39 is 5.60 Å². The van der Waals surface area contributed by atoms with E-state index in [0.29, 0.717) is 0 Å². The van der Waals surface area contributed by atoms with Gasteiger partial charge in [0.2, 0.25) is 0 Å². The summed E-state index contributed by atoms with van der Waals surface area (Å²) in [7, 11) is 0. The van der Waals surface area contributed by atoms with E-state index in [4.69, 9.17) is 0 Å². The van der Waals surface area contributed by atoms with Gasteiger partial charge in [-0.1, -0.05) is 45.4 Å². The average molecular weight is 231 g/mol. The van der Waals surface area contributed by atoms with Gasteiger partial charge in [-0.2, -0.15) is 0 Å². The molecule has 62 valence electrons. The molecule has 1 aliphatic carbocycles. The minimum absolute atomic E-state index is 0. The van der Waals surface area contributed by atoms with Crippen molar-refractivity contribution >= 4 is 23.1 Å². The quantitative estimate of drug-likeness (QED) is 0.483. The largest absolute Gasteiger partial charge is 2.00 e. The van der Waals surface area contributed by atoms with Crippen LogP contribution in [-0.4, -0.2) is 28.7 Å². The number of halogens is 1. The molecule has 0 unspecified atom stereocenters. The zero-order chi connectivity index (χ0) is 6.74. The molecule has 1 nitrogen and oxygen atoms in total. The maximum atomic E-state index is 11.5. The van der Waals surface area contributed by atoms with Crippen LogP contribution in [0.4, 0.5) is 0 Å². The molecule has 1 fully saturated rings. The zero-order valence-corrected chi connectivity index (χ0v) is 10.2. The van der Waals surface area contributed by atoms with Crippen LogP contribution in [0.15, 0.2) is 0 Å². The van der Waals surface area contributed by atoms with Crippen LogP contribution in [0.3, 0.4) is 0 Å². The van der Waals surface area contributed by atoms with Crippen LogP contribution in [0.1, 0.15) is 45.4 Å². The van der Waals surface area contributed by atoms with Gasteiger partial charge in [-0.25, -0.2) is 0 Å². The Morgan fingerprint density at radius 1 is 1.18 bits per heavy atom. The summed E-state index contributed by atoms with van der Waals surface area (Å²) in [5.41, 5.74) is -0.530. The van der Waals surface area contributed by atoms with E-state index in [2.05, 4.69) is 0 Å². The molecule has 0 radical (unpaired) electrons. The van der Waals surface area contributed by atoms with Gasteiger partial charge in [0.25, 0.3) is 0 Å². The molecule has 1 saturated carbocycles. The van der Waals surface area contributed by atoms with Crippen molar-refractivity contribution in [2.24, 2.45) is 0 Å². The molecular weight excluding hydrogens is 216 g/mol. The fourth-order valence-electron chi connectivity index (χ4n) is 1.55. The van der Waals surface area contributed by atoms with E-state index in [1.54, 1.807) is 0 Å². The number of rotatable bonds is 1. The molecule has 1 rings (SSSR count). The van der Waals surface area contributed by atoms with Crippen molar-refractivity contribution in [1.29, 1.82) is 0 Å². The van der Waals surface area contributed by atoms with Gasteiger partial charge in [-0.15, -0.1) is 5.60 Å². The molecule has 11 heavy (non-hydrogen) atoms. The average Bonchev–Trinajstić information content (AvgIpc) is 1.90. The van der Waals surface area contributed by atoms with E-state index in [-0.39, 0.29) is 40.0 Å². The molecule has 1 aliphatic rings. The first-order valence-corrected chi connectivity index (χ1v) is 3.97. The predicted molar refractivity (Wildman–Crippen MR) is 41.9 cm³/mol. The summed E-state index contributed by atoms with van der Waals surface area (Å²) in [5.74, 6) is 0. The second-order valence-electron chi connectivity index (χ2n) is 3.10. The summed E-state index contributed by atoms with van der Waals surface area (Å²) in [5, 5.41) is 11.5. The van der Waals surface area contributed by atoms with Crippen LogP contribution in [0.25, 0.3) is 0 Å². The third-order valence-electron chi connectivity index (χ3n) is 2.41. The van der Waals surface area contributed by atoms with Crippen molar-refractivity contribution in [2.75, 3.05) is 0 Å². The van der Waals surface area contributed by atoms with Crippen molar-refractivity contribution in [3.63, 3.8) is 0 Å². The Balaban J connectivity index is 0. The third-order valence-corrected chi connectivity index (χ3v) is 2.41. The van der Waals surface area contributed by atoms with Gasteiger partial charge in [-0.05, 0) is 0 Å². The van der Waals surface area contributed by atoms with Crippen LogP contribution in [0, 0.1) is 0 Å². The third kappa shape index (κ3) is 4.71. The topological polar surface area (TPSA) is 23.1 Å². The van der Waals surface area contributed by atoms with Gasteiger partial charge in [0, 0.05) is 0 Å². The molecule has 3 heteroatoms. The van der Waals surface area contributed by atoms with Gasteiger partial charge in [0.1, 0.15) is 0 Å². The van der Waals surface area contributed by atoms with Crippen LogP contribution in [-0.2, 0) is 0 Å². The first kappa shape index (κ1) is 14.7. The van der Waals surface area contributed by atoms with E-state index in [1.807, 2.05) is 6.92 Å². The van der Waals surface area contributed by atoms with E-state index in [1.165, 1.54) is 6.42 Å². The molecule has 0 spiro atoms. The zero-order valence-electron chi connectivity index (χ0n) is 7.24. The number of hydrogen-bond acceptors (Lipinski definition) is 1. The van der Waals surface area contributed by atoms with Crippen LogP contribution >= 0.6 is 0 Å². The molecular formula is C8H15BrMgO. The molecule has 0 atom stereocenters. The first-order valence-electron chi connectivity index (χ1n) is 3.97. The van der Waals surface area contributed by atoms with Gasteiger partial charge >= 0.3 is 23.1 Å². The summed E-state index contributed by atoms with van der Waals surface area (Å²) >= 11 is 0. The minimum Gasteiger partial charge on any atom is -1.00 e. The Bertz CT molecular complexity index is 92.1. The van der Waals surface area contributed by atoms with Gasteiger partial charge in [0.15, 0.2) is 0 Å². The second-order valence-corrected chi connectivity index (χ2v) is 3.10. The maximum Gasteiger partial charge on any atom is 2.00 e. The Morgan fingerprint density at radius 2 is 1.64 bits per heavy atom. The molecule has 0 N–H and O–H groups in total. The normalized spacial score (nSPS) is 21.3. The molecule has 0 aliphatic heterocycles. The van der Waals surface area contributed by atoms with Gasteiger partial charge < -0.3 is 22.1 Å². The van der Waals surface area contributed by atoms with Crippen LogP contribution in [0.5, 0.6) is 0 Å². The van der Waals surface area contributed by atoms with Crippen molar-refractivity contribution < 1.29 is 22.1 Å². The van der Waals surface area contributed by atoms with Crippen molar-refractivity contribution in [3.05, 3.63) is 0 Å². The first-order chi connectivity index (χ1) is 4.27. The van der Waals surface area contributed by atoms with Gasteiger partial charge in [0.05, 0.1) is 0 Å². The molecule has 0 amide bonds. The summed E-state index contributed by atoms with van der Waals surface area (Å²) in [6.45, 7) is 2.01. The van der Waals surface area contributed by atoms with Crippen LogP contribution in [0.2, 0.25) is 0 Å². The SMILES string of the molecule is CCC1([O-])CCCCC1.[Br-].[Mg+2]. The standard InChI is InChI=1S/C8H15O.BrH.Mg/c1-2-8(9)6-4-3-5-7-8;;/h2-7H2,1H3;1H;/q-1;;+2/p-1. The van der Waals surface area contributed by atoms with E-state index >= 15 is 0 Å². The molecule has 0 aromatic heterocycles. The van der Waals surface area contributed by atoms with Crippen molar-refractivity contribution in [2.45, 2.75) is 51.0 Å². The monoisotopic (exact) mass is 230 g/mol. The molecule has 0 bridgehead atoms. The van der Waals surface area contributed by atoms with Crippen molar-refractivity contribution in [1.82, 2.24) is 0 Å². The summed E-state index contributed by atoms with van der Waals surface area (Å²) < 4.78 is 0. The Kier molecular flexibility index (Phi) is 8.95. The summed E-state index contributed by atoms with van der Waals surface area (Å²) in [6, 6.07) is 0. The van der Waals surface area contributed by atoms with E-state index in [9.17, 15) is 5.11 Å². The maximum absolute atomic E-state index is 11.5. The smallest absolute Gasteiger partial charge is 1.00 e. The molecule has 0 aromatic carbocycles. The minimum atomic E-state index is -0.530. The van der Waals surface area contributed by atoms with Crippen molar-refractivity contribution in [3.8, 4) is 0 Å².